The molecule has 0 fully saturated rings. The summed E-state index contributed by atoms with van der Waals surface area (Å²) in [4.78, 5) is 4.08. The second kappa shape index (κ2) is 7.27. The number of benzene rings is 1. The van der Waals surface area contributed by atoms with Gasteiger partial charge in [-0.1, -0.05) is 12.1 Å². The normalized spacial score (nSPS) is 13.3. The number of para-hydroxylation sites is 1. The summed E-state index contributed by atoms with van der Waals surface area (Å²) in [6.45, 7) is -2.01. The van der Waals surface area contributed by atoms with Gasteiger partial charge in [-0.15, -0.1) is 0 Å². The standard InChI is InChI=1S/C11H13F4NO3/c12-9-3-1-2-4-10(9)18-6-8(17)5-16-19-7-11(13,14)15/h1-4,8,16-17H,5-7H2. The predicted octanol–water partition coefficient (Wildman–Crippen LogP) is 1.65. The Kier molecular flexibility index (Phi) is 6.00. The Bertz CT molecular complexity index is 386. The van der Waals surface area contributed by atoms with E-state index in [1.165, 1.54) is 18.2 Å². The van der Waals surface area contributed by atoms with Gasteiger partial charge in [-0.2, -0.15) is 18.7 Å². The van der Waals surface area contributed by atoms with Gasteiger partial charge >= 0.3 is 6.18 Å². The number of ether oxygens (including phenoxy) is 1. The fourth-order valence-corrected chi connectivity index (χ4v) is 1.09. The first-order valence-electron chi connectivity index (χ1n) is 5.35. The van der Waals surface area contributed by atoms with Crippen LogP contribution in [0.5, 0.6) is 5.75 Å². The highest BCUT2D eigenvalue weighted by atomic mass is 19.4. The Morgan fingerprint density at radius 3 is 2.58 bits per heavy atom. The average molecular weight is 283 g/mol. The molecule has 1 atom stereocenters. The van der Waals surface area contributed by atoms with E-state index in [1.54, 1.807) is 6.07 Å². The molecule has 1 aromatic rings. The van der Waals surface area contributed by atoms with Crippen molar-refractivity contribution in [2.45, 2.75) is 12.3 Å². The number of nitrogens with one attached hydrogen (secondary N) is 1. The van der Waals surface area contributed by atoms with E-state index >= 15 is 0 Å². The minimum atomic E-state index is -4.44. The van der Waals surface area contributed by atoms with Crippen LogP contribution in [0.2, 0.25) is 0 Å². The van der Waals surface area contributed by atoms with Gasteiger partial charge in [0.1, 0.15) is 12.7 Å². The monoisotopic (exact) mass is 283 g/mol. The highest BCUT2D eigenvalue weighted by molar-refractivity contribution is 5.23. The van der Waals surface area contributed by atoms with E-state index in [-0.39, 0.29) is 18.9 Å². The molecule has 0 heterocycles. The molecule has 8 heteroatoms. The van der Waals surface area contributed by atoms with E-state index in [0.29, 0.717) is 0 Å². The lowest BCUT2D eigenvalue weighted by molar-refractivity contribution is -0.191. The number of aliphatic hydroxyl groups is 1. The molecule has 1 rings (SSSR count). The molecule has 0 aromatic heterocycles. The van der Waals surface area contributed by atoms with E-state index in [1.807, 2.05) is 5.48 Å². The number of hydrogen-bond acceptors (Lipinski definition) is 4. The lowest BCUT2D eigenvalue weighted by Gasteiger charge is -2.14. The Hall–Kier alpha value is -1.38. The van der Waals surface area contributed by atoms with Crippen LogP contribution in [0.4, 0.5) is 17.6 Å². The fraction of sp³-hybridized carbons (Fsp3) is 0.455. The number of hydrogen-bond donors (Lipinski definition) is 2. The van der Waals surface area contributed by atoms with Crippen LogP contribution in [0.25, 0.3) is 0 Å². The average Bonchev–Trinajstić information content (AvgIpc) is 2.32. The van der Waals surface area contributed by atoms with Crippen molar-refractivity contribution in [2.75, 3.05) is 19.8 Å². The molecule has 0 saturated heterocycles. The maximum absolute atomic E-state index is 13.1. The van der Waals surface area contributed by atoms with Crippen molar-refractivity contribution < 1.29 is 32.2 Å². The van der Waals surface area contributed by atoms with Crippen LogP contribution in [-0.2, 0) is 4.84 Å². The summed E-state index contributed by atoms with van der Waals surface area (Å²) in [7, 11) is 0. The van der Waals surface area contributed by atoms with Crippen molar-refractivity contribution in [2.24, 2.45) is 0 Å². The summed E-state index contributed by atoms with van der Waals surface area (Å²) < 4.78 is 53.2. The van der Waals surface area contributed by atoms with Gasteiger partial charge in [0.15, 0.2) is 18.2 Å². The Morgan fingerprint density at radius 1 is 1.26 bits per heavy atom. The van der Waals surface area contributed by atoms with Gasteiger partial charge in [0.2, 0.25) is 0 Å². The molecule has 1 aromatic carbocycles. The number of rotatable bonds is 7. The molecule has 2 N–H and O–H groups in total. The molecular formula is C11H13F4NO3. The zero-order valence-corrected chi connectivity index (χ0v) is 9.78. The van der Waals surface area contributed by atoms with Gasteiger partial charge in [-0.3, -0.25) is 4.84 Å². The van der Waals surface area contributed by atoms with Crippen molar-refractivity contribution in [3.63, 3.8) is 0 Å². The van der Waals surface area contributed by atoms with Gasteiger partial charge in [0.25, 0.3) is 0 Å². The van der Waals surface area contributed by atoms with Crippen LogP contribution in [0.15, 0.2) is 24.3 Å². The first-order valence-corrected chi connectivity index (χ1v) is 5.35. The van der Waals surface area contributed by atoms with Crippen molar-refractivity contribution in [3.05, 3.63) is 30.1 Å². The first kappa shape index (κ1) is 15.7. The van der Waals surface area contributed by atoms with E-state index in [4.69, 9.17) is 4.74 Å². The van der Waals surface area contributed by atoms with Crippen molar-refractivity contribution >= 4 is 0 Å². The molecule has 4 nitrogen and oxygen atoms in total. The minimum Gasteiger partial charge on any atom is -0.488 e. The third kappa shape index (κ3) is 6.94. The van der Waals surface area contributed by atoms with Crippen molar-refractivity contribution in [1.29, 1.82) is 0 Å². The minimum absolute atomic E-state index is 0.0437. The van der Waals surface area contributed by atoms with Gasteiger partial charge in [0, 0.05) is 0 Å². The van der Waals surface area contributed by atoms with Crippen molar-refractivity contribution in [1.82, 2.24) is 5.48 Å². The van der Waals surface area contributed by atoms with Crippen LogP contribution in [0.1, 0.15) is 0 Å². The first-order chi connectivity index (χ1) is 8.88. The number of alkyl halides is 3. The maximum Gasteiger partial charge on any atom is 0.413 e. The third-order valence-electron chi connectivity index (χ3n) is 1.92. The summed E-state index contributed by atoms with van der Waals surface area (Å²) in [6.07, 6.45) is -5.57. The topological polar surface area (TPSA) is 50.7 Å². The second-order valence-electron chi connectivity index (χ2n) is 3.65. The third-order valence-corrected chi connectivity index (χ3v) is 1.92. The van der Waals surface area contributed by atoms with E-state index in [2.05, 4.69) is 4.84 Å². The molecule has 1 unspecified atom stereocenters. The summed E-state index contributed by atoms with van der Waals surface area (Å²) >= 11 is 0. The quantitative estimate of drug-likeness (QED) is 0.454. The fourth-order valence-electron chi connectivity index (χ4n) is 1.09. The van der Waals surface area contributed by atoms with E-state index in [9.17, 15) is 22.7 Å². The van der Waals surface area contributed by atoms with Gasteiger partial charge in [0.05, 0.1) is 6.54 Å². The van der Waals surface area contributed by atoms with Gasteiger partial charge in [-0.05, 0) is 12.1 Å². The lowest BCUT2D eigenvalue weighted by atomic mass is 10.3. The second-order valence-corrected chi connectivity index (χ2v) is 3.65. The molecular weight excluding hydrogens is 270 g/mol. The highest BCUT2D eigenvalue weighted by Gasteiger charge is 2.27. The summed E-state index contributed by atoms with van der Waals surface area (Å²) in [6, 6.07) is 5.59. The summed E-state index contributed by atoms with van der Waals surface area (Å²) in [5.41, 5.74) is 1.95. The molecule has 19 heavy (non-hydrogen) atoms. The van der Waals surface area contributed by atoms with Crippen LogP contribution < -0.4 is 10.2 Å². The van der Waals surface area contributed by atoms with E-state index in [0.717, 1.165) is 0 Å². The summed E-state index contributed by atoms with van der Waals surface area (Å²) in [5, 5.41) is 9.36. The zero-order chi connectivity index (χ0) is 14.3. The lowest BCUT2D eigenvalue weighted by Crippen LogP contribution is -2.34. The highest BCUT2D eigenvalue weighted by Crippen LogP contribution is 2.15. The Labute approximate surface area is 106 Å². The molecule has 0 radical (unpaired) electrons. The van der Waals surface area contributed by atoms with Gasteiger partial charge in [-0.25, -0.2) is 4.39 Å². The number of halogens is 4. The van der Waals surface area contributed by atoms with Gasteiger partial charge < -0.3 is 9.84 Å². The molecule has 0 aliphatic rings. The smallest absolute Gasteiger partial charge is 0.413 e. The molecule has 0 bridgehead atoms. The predicted molar refractivity (Wildman–Crippen MR) is 57.9 cm³/mol. The molecule has 0 amide bonds. The summed E-state index contributed by atoms with van der Waals surface area (Å²) in [5.74, 6) is -0.631. The maximum atomic E-state index is 13.1. The Balaban J connectivity index is 2.18. The number of aliphatic hydroxyl groups excluding tert-OH is 1. The molecule has 108 valence electrons. The van der Waals surface area contributed by atoms with Crippen LogP contribution in [0.3, 0.4) is 0 Å². The SMILES string of the molecule is OC(CNOCC(F)(F)F)COc1ccccc1F. The van der Waals surface area contributed by atoms with Crippen LogP contribution >= 0.6 is 0 Å². The van der Waals surface area contributed by atoms with E-state index < -0.39 is 24.7 Å². The molecule has 0 aliphatic heterocycles. The van der Waals surface area contributed by atoms with Crippen LogP contribution in [0, 0.1) is 5.82 Å². The molecule has 0 spiro atoms. The number of hydroxylamine groups is 1. The Morgan fingerprint density at radius 2 is 1.95 bits per heavy atom. The van der Waals surface area contributed by atoms with Crippen molar-refractivity contribution in [3.8, 4) is 5.75 Å². The molecule has 0 saturated carbocycles. The van der Waals surface area contributed by atoms with Crippen LogP contribution in [-0.4, -0.2) is 37.1 Å². The molecule has 0 aliphatic carbocycles. The zero-order valence-electron chi connectivity index (χ0n) is 9.78. The largest absolute Gasteiger partial charge is 0.488 e.